The normalized spacial score (nSPS) is 12.4. The lowest BCUT2D eigenvalue weighted by Crippen LogP contribution is -2.36. The van der Waals surface area contributed by atoms with Crippen LogP contribution in [0.4, 0.5) is 0 Å². The summed E-state index contributed by atoms with van der Waals surface area (Å²) in [5.74, 6) is 1.11. The Labute approximate surface area is 218 Å². The molecule has 0 aliphatic heterocycles. The molecule has 4 rings (SSSR count). The molecule has 0 aromatic heterocycles. The monoisotopic (exact) mass is 495 g/mol. The van der Waals surface area contributed by atoms with E-state index in [2.05, 4.69) is 5.32 Å². The summed E-state index contributed by atoms with van der Waals surface area (Å²) in [7, 11) is 0. The van der Waals surface area contributed by atoms with E-state index < -0.39 is 12.0 Å². The SMILES string of the molecule is CC(CCc1ccc(OCc2ccccc2)cc1)NC(=O)C(O)c1ccc(OCc2ccccc2)cc1. The first kappa shape index (κ1) is 26.0. The van der Waals surface area contributed by atoms with Crippen molar-refractivity contribution < 1.29 is 19.4 Å². The topological polar surface area (TPSA) is 67.8 Å². The zero-order valence-corrected chi connectivity index (χ0v) is 21.0. The molecule has 2 N–H and O–H groups in total. The van der Waals surface area contributed by atoms with E-state index in [-0.39, 0.29) is 6.04 Å². The fourth-order valence-electron chi connectivity index (χ4n) is 3.91. The predicted molar refractivity (Wildman–Crippen MR) is 145 cm³/mol. The van der Waals surface area contributed by atoms with Crippen LogP contribution in [0.3, 0.4) is 0 Å². The van der Waals surface area contributed by atoms with Gasteiger partial charge in [0.05, 0.1) is 0 Å². The quantitative estimate of drug-likeness (QED) is 0.252. The molecule has 0 spiro atoms. The van der Waals surface area contributed by atoms with Gasteiger partial charge in [-0.05, 0) is 66.3 Å². The van der Waals surface area contributed by atoms with E-state index in [9.17, 15) is 9.90 Å². The minimum Gasteiger partial charge on any atom is -0.489 e. The second-order valence-corrected chi connectivity index (χ2v) is 9.11. The van der Waals surface area contributed by atoms with Gasteiger partial charge in [-0.3, -0.25) is 4.79 Å². The zero-order chi connectivity index (χ0) is 25.9. The number of hydrogen-bond acceptors (Lipinski definition) is 4. The highest BCUT2D eigenvalue weighted by molar-refractivity contribution is 5.82. The Morgan fingerprint density at radius 1 is 0.703 bits per heavy atom. The number of hydrogen-bond donors (Lipinski definition) is 2. The molecule has 0 bridgehead atoms. The lowest BCUT2D eigenvalue weighted by Gasteiger charge is -2.17. The fraction of sp³-hybridized carbons (Fsp3) is 0.219. The maximum atomic E-state index is 12.6. The third kappa shape index (κ3) is 8.23. The van der Waals surface area contributed by atoms with E-state index in [1.54, 1.807) is 24.3 Å². The van der Waals surface area contributed by atoms with Crippen LogP contribution in [0, 0.1) is 0 Å². The molecule has 5 heteroatoms. The highest BCUT2D eigenvalue weighted by atomic mass is 16.5. The minimum atomic E-state index is -1.23. The molecule has 4 aromatic carbocycles. The molecule has 0 aliphatic carbocycles. The van der Waals surface area contributed by atoms with Gasteiger partial charge in [-0.25, -0.2) is 0 Å². The maximum absolute atomic E-state index is 12.6. The van der Waals surface area contributed by atoms with Crippen molar-refractivity contribution in [3.05, 3.63) is 131 Å². The van der Waals surface area contributed by atoms with Crippen molar-refractivity contribution in [2.75, 3.05) is 0 Å². The van der Waals surface area contributed by atoms with Crippen molar-refractivity contribution in [1.82, 2.24) is 5.32 Å². The molecule has 2 atom stereocenters. The van der Waals surface area contributed by atoms with Crippen molar-refractivity contribution in [3.63, 3.8) is 0 Å². The number of rotatable bonds is 12. The van der Waals surface area contributed by atoms with Gasteiger partial charge in [-0.15, -0.1) is 0 Å². The third-order valence-corrected chi connectivity index (χ3v) is 6.12. The minimum absolute atomic E-state index is 0.0790. The average molecular weight is 496 g/mol. The third-order valence-electron chi connectivity index (χ3n) is 6.12. The van der Waals surface area contributed by atoms with Gasteiger partial charge >= 0.3 is 0 Å². The summed E-state index contributed by atoms with van der Waals surface area (Å²) in [4.78, 5) is 12.6. The number of carbonyl (C=O) groups is 1. The average Bonchev–Trinajstić information content (AvgIpc) is 2.95. The van der Waals surface area contributed by atoms with Gasteiger partial charge < -0.3 is 19.9 Å². The van der Waals surface area contributed by atoms with Gasteiger partial charge in [-0.2, -0.15) is 0 Å². The van der Waals surface area contributed by atoms with Gasteiger partial charge in [0.25, 0.3) is 5.91 Å². The van der Waals surface area contributed by atoms with E-state index >= 15 is 0 Å². The van der Waals surface area contributed by atoms with Crippen molar-refractivity contribution in [3.8, 4) is 11.5 Å². The molecular formula is C32H33NO4. The number of benzene rings is 4. The van der Waals surface area contributed by atoms with E-state index in [4.69, 9.17) is 9.47 Å². The molecular weight excluding hydrogens is 462 g/mol. The fourth-order valence-corrected chi connectivity index (χ4v) is 3.91. The number of aryl methyl sites for hydroxylation is 1. The van der Waals surface area contributed by atoms with Gasteiger partial charge in [0.15, 0.2) is 6.10 Å². The van der Waals surface area contributed by atoms with Crippen LogP contribution < -0.4 is 14.8 Å². The molecule has 0 saturated heterocycles. The first-order valence-electron chi connectivity index (χ1n) is 12.6. The van der Waals surface area contributed by atoms with Crippen LogP contribution in [-0.4, -0.2) is 17.1 Å². The highest BCUT2D eigenvalue weighted by Gasteiger charge is 2.19. The van der Waals surface area contributed by atoms with Gasteiger partial charge in [0.1, 0.15) is 24.7 Å². The van der Waals surface area contributed by atoms with Crippen LogP contribution in [0.2, 0.25) is 0 Å². The molecule has 0 radical (unpaired) electrons. The molecule has 2 unspecified atom stereocenters. The van der Waals surface area contributed by atoms with Crippen molar-refractivity contribution in [2.45, 2.75) is 45.1 Å². The van der Waals surface area contributed by atoms with Crippen molar-refractivity contribution in [2.24, 2.45) is 0 Å². The standard InChI is InChI=1S/C32H33NO4/c1-24(12-13-25-14-18-29(19-15-25)36-22-26-8-4-2-5-9-26)33-32(35)31(34)28-16-20-30(21-17-28)37-23-27-10-6-3-7-11-27/h2-11,14-21,24,31,34H,12-13,22-23H2,1H3,(H,33,35). The second-order valence-electron chi connectivity index (χ2n) is 9.11. The summed E-state index contributed by atoms with van der Waals surface area (Å²) in [6, 6.07) is 34.9. The highest BCUT2D eigenvalue weighted by Crippen LogP contribution is 2.20. The summed E-state index contributed by atoms with van der Waals surface area (Å²) in [5.41, 5.74) is 3.90. The smallest absolute Gasteiger partial charge is 0.253 e. The number of ether oxygens (including phenoxy) is 2. The first-order chi connectivity index (χ1) is 18.1. The summed E-state index contributed by atoms with van der Waals surface area (Å²) in [6.45, 7) is 2.95. The lowest BCUT2D eigenvalue weighted by atomic mass is 10.0. The summed E-state index contributed by atoms with van der Waals surface area (Å²) in [5, 5.41) is 13.4. The van der Waals surface area contributed by atoms with Crippen LogP contribution in [-0.2, 0) is 24.4 Å². The van der Waals surface area contributed by atoms with E-state index in [0.29, 0.717) is 24.5 Å². The van der Waals surface area contributed by atoms with E-state index in [0.717, 1.165) is 29.7 Å². The first-order valence-corrected chi connectivity index (χ1v) is 12.6. The molecule has 0 saturated carbocycles. The van der Waals surface area contributed by atoms with Crippen LogP contribution >= 0.6 is 0 Å². The van der Waals surface area contributed by atoms with Crippen molar-refractivity contribution in [1.29, 1.82) is 0 Å². The zero-order valence-electron chi connectivity index (χ0n) is 21.0. The molecule has 1 amide bonds. The largest absolute Gasteiger partial charge is 0.489 e. The van der Waals surface area contributed by atoms with E-state index in [1.807, 2.05) is 91.9 Å². The van der Waals surface area contributed by atoms with Crippen molar-refractivity contribution >= 4 is 5.91 Å². The predicted octanol–water partition coefficient (Wildman–Crippen LogP) is 6.02. The Hall–Kier alpha value is -4.09. The Balaban J connectivity index is 1.19. The Bertz CT molecular complexity index is 1230. The van der Waals surface area contributed by atoms with Crippen LogP contribution in [0.1, 0.15) is 41.7 Å². The summed E-state index contributed by atoms with van der Waals surface area (Å²) < 4.78 is 11.6. The Morgan fingerprint density at radius 2 is 1.19 bits per heavy atom. The molecule has 0 aliphatic rings. The number of aliphatic hydroxyl groups is 1. The van der Waals surface area contributed by atoms with Crippen LogP contribution in [0.15, 0.2) is 109 Å². The summed E-state index contributed by atoms with van der Waals surface area (Å²) in [6.07, 6.45) is 0.338. The Morgan fingerprint density at radius 3 is 1.70 bits per heavy atom. The Kier molecular flexibility index (Phi) is 9.33. The van der Waals surface area contributed by atoms with Gasteiger partial charge in [-0.1, -0.05) is 84.9 Å². The molecule has 4 aromatic rings. The number of aliphatic hydroxyl groups excluding tert-OH is 1. The molecule has 5 nitrogen and oxygen atoms in total. The molecule has 0 heterocycles. The maximum Gasteiger partial charge on any atom is 0.253 e. The van der Waals surface area contributed by atoms with Crippen LogP contribution in [0.25, 0.3) is 0 Å². The lowest BCUT2D eigenvalue weighted by molar-refractivity contribution is -0.130. The van der Waals surface area contributed by atoms with Crippen LogP contribution in [0.5, 0.6) is 11.5 Å². The summed E-state index contributed by atoms with van der Waals surface area (Å²) >= 11 is 0. The second kappa shape index (κ2) is 13.3. The number of nitrogens with one attached hydrogen (secondary N) is 1. The number of amides is 1. The molecule has 37 heavy (non-hydrogen) atoms. The number of carbonyl (C=O) groups excluding carboxylic acids is 1. The van der Waals surface area contributed by atoms with Gasteiger partial charge in [0, 0.05) is 6.04 Å². The van der Waals surface area contributed by atoms with E-state index in [1.165, 1.54) is 5.56 Å². The molecule has 190 valence electrons. The van der Waals surface area contributed by atoms with Gasteiger partial charge in [0.2, 0.25) is 0 Å². The molecule has 0 fully saturated rings.